The Balaban J connectivity index is 2.50. The Bertz CT molecular complexity index is 763. The average molecular weight is 359 g/mol. The molecule has 1 heterocycles. The quantitative estimate of drug-likeness (QED) is 0.553. The van der Waals surface area contributed by atoms with E-state index < -0.39 is 5.97 Å². The van der Waals surface area contributed by atoms with Crippen LogP contribution in [0.15, 0.2) is 35.0 Å². The van der Waals surface area contributed by atoms with Crippen LogP contribution in [0, 0.1) is 0 Å². The Morgan fingerprint density at radius 3 is 2.50 bits per heavy atom. The fourth-order valence-corrected chi connectivity index (χ4v) is 2.94. The highest BCUT2D eigenvalue weighted by Crippen LogP contribution is 2.34. The second-order valence-corrected chi connectivity index (χ2v) is 5.81. The fourth-order valence-electron chi connectivity index (χ4n) is 2.94. The van der Waals surface area contributed by atoms with Gasteiger partial charge in [-0.05, 0) is 44.0 Å². The Morgan fingerprint density at radius 1 is 1.19 bits per heavy atom. The first kappa shape index (κ1) is 19.6. The number of allylic oxidation sites excluding steroid dienone is 1. The highest BCUT2D eigenvalue weighted by molar-refractivity contribution is 6.16. The van der Waals surface area contributed by atoms with Crippen molar-refractivity contribution in [3.63, 3.8) is 0 Å². The summed E-state index contributed by atoms with van der Waals surface area (Å²) in [6.45, 7) is 6.71. The largest absolute Gasteiger partial charge is 0.493 e. The SMILES string of the molecule is CCCN1C(=O)/C(=C\c2ccc(OCC)c(OC)c2)C(C(=O)OC)=C1C. The average Bonchev–Trinajstić information content (AvgIpc) is 2.87. The lowest BCUT2D eigenvalue weighted by Gasteiger charge is -2.16. The van der Waals surface area contributed by atoms with Gasteiger partial charge in [-0.15, -0.1) is 0 Å². The fraction of sp³-hybridized carbons (Fsp3) is 0.400. The van der Waals surface area contributed by atoms with E-state index in [9.17, 15) is 9.59 Å². The molecule has 0 fully saturated rings. The molecule has 0 N–H and O–H groups in total. The normalized spacial score (nSPS) is 15.7. The molecule has 6 nitrogen and oxygen atoms in total. The maximum atomic E-state index is 12.8. The summed E-state index contributed by atoms with van der Waals surface area (Å²) in [6.07, 6.45) is 2.48. The summed E-state index contributed by atoms with van der Waals surface area (Å²) in [5.74, 6) is 0.482. The number of hydrogen-bond donors (Lipinski definition) is 0. The van der Waals surface area contributed by atoms with Gasteiger partial charge in [0.1, 0.15) is 0 Å². The van der Waals surface area contributed by atoms with Crippen molar-refractivity contribution >= 4 is 18.0 Å². The van der Waals surface area contributed by atoms with Gasteiger partial charge in [-0.25, -0.2) is 4.79 Å². The number of carbonyl (C=O) groups excluding carboxylic acids is 2. The second kappa shape index (κ2) is 8.56. The lowest BCUT2D eigenvalue weighted by molar-refractivity contribution is -0.136. The molecule has 0 bridgehead atoms. The first-order chi connectivity index (χ1) is 12.5. The zero-order chi connectivity index (χ0) is 19.3. The van der Waals surface area contributed by atoms with Crippen molar-refractivity contribution in [1.82, 2.24) is 4.90 Å². The van der Waals surface area contributed by atoms with Gasteiger partial charge in [-0.1, -0.05) is 13.0 Å². The predicted octanol–water partition coefficient (Wildman–Crippen LogP) is 3.18. The van der Waals surface area contributed by atoms with Gasteiger partial charge in [0.25, 0.3) is 5.91 Å². The molecule has 0 spiro atoms. The van der Waals surface area contributed by atoms with Gasteiger partial charge in [0.2, 0.25) is 0 Å². The number of amides is 1. The minimum Gasteiger partial charge on any atom is -0.493 e. The van der Waals surface area contributed by atoms with Gasteiger partial charge in [0, 0.05) is 12.2 Å². The summed E-state index contributed by atoms with van der Waals surface area (Å²) >= 11 is 0. The molecule has 1 aromatic rings. The zero-order valence-electron chi connectivity index (χ0n) is 15.9. The summed E-state index contributed by atoms with van der Waals surface area (Å²) in [5.41, 5.74) is 1.99. The number of ether oxygens (including phenoxy) is 3. The maximum Gasteiger partial charge on any atom is 0.340 e. The molecule has 0 atom stereocenters. The van der Waals surface area contributed by atoms with E-state index in [1.54, 1.807) is 37.1 Å². The lowest BCUT2D eigenvalue weighted by Crippen LogP contribution is -2.25. The van der Waals surface area contributed by atoms with Gasteiger partial charge < -0.3 is 19.1 Å². The minimum atomic E-state index is -0.515. The zero-order valence-corrected chi connectivity index (χ0v) is 15.9. The van der Waals surface area contributed by atoms with E-state index in [0.717, 1.165) is 12.0 Å². The van der Waals surface area contributed by atoms with Crippen molar-refractivity contribution in [2.24, 2.45) is 0 Å². The Hall–Kier alpha value is -2.76. The molecule has 1 aliphatic rings. The number of rotatable bonds is 7. The van der Waals surface area contributed by atoms with Crippen molar-refractivity contribution in [2.75, 3.05) is 27.4 Å². The number of carbonyl (C=O) groups is 2. The molecular weight excluding hydrogens is 334 g/mol. The van der Waals surface area contributed by atoms with Crippen LogP contribution in [0.5, 0.6) is 11.5 Å². The highest BCUT2D eigenvalue weighted by Gasteiger charge is 2.36. The van der Waals surface area contributed by atoms with Gasteiger partial charge in [-0.2, -0.15) is 0 Å². The van der Waals surface area contributed by atoms with Gasteiger partial charge in [0.05, 0.1) is 32.0 Å². The molecule has 1 aliphatic heterocycles. The Morgan fingerprint density at radius 2 is 1.92 bits per heavy atom. The van der Waals surface area contributed by atoms with Crippen LogP contribution in [-0.2, 0) is 14.3 Å². The lowest BCUT2D eigenvalue weighted by atomic mass is 10.0. The van der Waals surface area contributed by atoms with Crippen LogP contribution >= 0.6 is 0 Å². The molecule has 0 saturated heterocycles. The molecule has 6 heteroatoms. The summed E-state index contributed by atoms with van der Waals surface area (Å²) in [5, 5.41) is 0. The summed E-state index contributed by atoms with van der Waals surface area (Å²) in [7, 11) is 2.87. The summed E-state index contributed by atoms with van der Waals surface area (Å²) in [6, 6.07) is 5.38. The van der Waals surface area contributed by atoms with E-state index in [1.165, 1.54) is 7.11 Å². The third-order valence-electron chi connectivity index (χ3n) is 4.15. The van der Waals surface area contributed by atoms with Crippen LogP contribution in [0.25, 0.3) is 6.08 Å². The van der Waals surface area contributed by atoms with Crippen molar-refractivity contribution in [3.8, 4) is 11.5 Å². The molecule has 2 rings (SSSR count). The number of nitrogens with zero attached hydrogens (tertiary/aromatic N) is 1. The number of esters is 1. The molecular formula is C20H25NO5. The van der Waals surface area contributed by atoms with Crippen molar-refractivity contribution < 1.29 is 23.8 Å². The van der Waals surface area contributed by atoms with E-state index >= 15 is 0 Å². The standard InChI is InChI=1S/C20H25NO5/c1-6-10-21-13(3)18(20(23)25-5)15(19(21)22)11-14-8-9-16(26-7-2)17(12-14)24-4/h8-9,11-12H,6-7,10H2,1-5H3/b15-11-. The molecule has 26 heavy (non-hydrogen) atoms. The second-order valence-electron chi connectivity index (χ2n) is 5.81. The third kappa shape index (κ3) is 3.74. The van der Waals surface area contributed by atoms with Gasteiger partial charge in [0.15, 0.2) is 11.5 Å². The smallest absolute Gasteiger partial charge is 0.340 e. The maximum absolute atomic E-state index is 12.8. The number of methoxy groups -OCH3 is 2. The summed E-state index contributed by atoms with van der Waals surface area (Å²) < 4.78 is 15.7. The first-order valence-corrected chi connectivity index (χ1v) is 8.62. The van der Waals surface area contributed by atoms with Crippen LogP contribution in [0.3, 0.4) is 0 Å². The molecule has 0 aliphatic carbocycles. The van der Waals surface area contributed by atoms with Crippen molar-refractivity contribution in [1.29, 1.82) is 0 Å². The molecule has 140 valence electrons. The van der Waals surface area contributed by atoms with E-state index in [4.69, 9.17) is 14.2 Å². The van der Waals surface area contributed by atoms with E-state index in [1.807, 2.05) is 19.9 Å². The molecule has 0 unspecified atom stereocenters. The Labute approximate surface area is 154 Å². The molecule has 0 aromatic heterocycles. The van der Waals surface area contributed by atoms with Crippen molar-refractivity contribution in [2.45, 2.75) is 27.2 Å². The van der Waals surface area contributed by atoms with Crippen molar-refractivity contribution in [3.05, 3.63) is 40.6 Å². The third-order valence-corrected chi connectivity index (χ3v) is 4.15. The molecule has 1 aromatic carbocycles. The van der Waals surface area contributed by atoms with E-state index in [2.05, 4.69) is 0 Å². The highest BCUT2D eigenvalue weighted by atomic mass is 16.5. The van der Waals surface area contributed by atoms with Gasteiger partial charge in [-0.3, -0.25) is 4.79 Å². The minimum absolute atomic E-state index is 0.197. The summed E-state index contributed by atoms with van der Waals surface area (Å²) in [4.78, 5) is 26.7. The predicted molar refractivity (Wildman–Crippen MR) is 98.9 cm³/mol. The topological polar surface area (TPSA) is 65.1 Å². The first-order valence-electron chi connectivity index (χ1n) is 8.62. The van der Waals surface area contributed by atoms with Crippen LogP contribution in [0.4, 0.5) is 0 Å². The number of hydrogen-bond acceptors (Lipinski definition) is 5. The molecule has 0 radical (unpaired) electrons. The van der Waals surface area contributed by atoms with Gasteiger partial charge >= 0.3 is 5.97 Å². The van der Waals surface area contributed by atoms with E-state index in [-0.39, 0.29) is 5.91 Å². The van der Waals surface area contributed by atoms with Crippen LogP contribution < -0.4 is 9.47 Å². The van der Waals surface area contributed by atoms with Crippen LogP contribution in [0.1, 0.15) is 32.8 Å². The number of benzene rings is 1. The monoisotopic (exact) mass is 359 g/mol. The Kier molecular flexibility index (Phi) is 6.44. The van der Waals surface area contributed by atoms with Crippen LogP contribution in [0.2, 0.25) is 0 Å². The van der Waals surface area contributed by atoms with Crippen LogP contribution in [-0.4, -0.2) is 44.1 Å². The molecule has 0 saturated carbocycles. The van der Waals surface area contributed by atoms with E-state index in [0.29, 0.717) is 41.5 Å². The molecule has 1 amide bonds.